The number of rotatable bonds is 8. The topological polar surface area (TPSA) is 79.9 Å². The van der Waals surface area contributed by atoms with Gasteiger partial charge >= 0.3 is 6.18 Å². The van der Waals surface area contributed by atoms with Gasteiger partial charge in [0.05, 0.1) is 12.1 Å². The van der Waals surface area contributed by atoms with Gasteiger partial charge in [-0.3, -0.25) is 4.99 Å². The number of ether oxygens (including phenoxy) is 1. The molecule has 1 aromatic carbocycles. The number of benzene rings is 1. The molecule has 0 saturated heterocycles. The van der Waals surface area contributed by atoms with Gasteiger partial charge in [-0.05, 0) is 30.7 Å². The highest BCUT2D eigenvalue weighted by Gasteiger charge is 2.30. The Labute approximate surface area is 133 Å². The van der Waals surface area contributed by atoms with Gasteiger partial charge in [-0.15, -0.1) is 0 Å². The first kappa shape index (κ1) is 19.1. The molecule has 0 amide bonds. The van der Waals surface area contributed by atoms with Crippen LogP contribution in [-0.4, -0.2) is 36.9 Å². The highest BCUT2D eigenvalue weighted by molar-refractivity contribution is 5.77. The van der Waals surface area contributed by atoms with Crippen molar-refractivity contribution in [2.75, 3.05) is 19.7 Å². The van der Waals surface area contributed by atoms with Crippen molar-refractivity contribution in [1.29, 1.82) is 0 Å². The van der Waals surface area contributed by atoms with Gasteiger partial charge in [-0.25, -0.2) is 0 Å². The molecule has 0 radical (unpaired) electrons. The molecule has 0 aliphatic heterocycles. The monoisotopic (exact) mass is 333 g/mol. The van der Waals surface area contributed by atoms with Crippen molar-refractivity contribution in [2.24, 2.45) is 10.7 Å². The van der Waals surface area contributed by atoms with Crippen LogP contribution in [0.15, 0.2) is 29.3 Å². The van der Waals surface area contributed by atoms with Crippen LogP contribution in [0.25, 0.3) is 0 Å². The highest BCUT2D eigenvalue weighted by Crippen LogP contribution is 2.30. The van der Waals surface area contributed by atoms with Crippen LogP contribution >= 0.6 is 0 Å². The van der Waals surface area contributed by atoms with Crippen LogP contribution in [0.4, 0.5) is 13.2 Å². The number of hydrogen-bond acceptors (Lipinski definition) is 3. The van der Waals surface area contributed by atoms with Crippen molar-refractivity contribution in [3.63, 3.8) is 0 Å². The Balaban J connectivity index is 2.35. The third-order valence-electron chi connectivity index (χ3n) is 2.93. The number of aliphatic imine (C=N–C) groups is 1. The number of alkyl halides is 3. The summed E-state index contributed by atoms with van der Waals surface area (Å²) < 4.78 is 42.4. The van der Waals surface area contributed by atoms with E-state index in [-0.39, 0.29) is 24.9 Å². The summed E-state index contributed by atoms with van der Waals surface area (Å²) >= 11 is 0. The molecule has 0 heterocycles. The van der Waals surface area contributed by atoms with E-state index in [9.17, 15) is 18.3 Å². The van der Waals surface area contributed by atoms with E-state index in [1.807, 2.05) is 0 Å². The van der Waals surface area contributed by atoms with Crippen LogP contribution in [0.1, 0.15) is 25.3 Å². The van der Waals surface area contributed by atoms with Crippen LogP contribution in [0, 0.1) is 0 Å². The molecule has 0 fully saturated rings. The number of nitrogens with zero attached hydrogens (tertiary/aromatic N) is 1. The molecule has 1 rings (SSSR count). The molecule has 1 aromatic rings. The largest absolute Gasteiger partial charge is 0.491 e. The standard InChI is InChI=1S/C15H22F3N3O2/c1-2-3-8-20-14(19)21-9-12(22)10-23-13-6-4-11(5-7-13)15(16,17)18/h4-7,12,22H,2-3,8-10H2,1H3,(H3,19,20,21). The molecule has 5 nitrogen and oxygen atoms in total. The molecule has 0 aliphatic rings. The first-order valence-corrected chi connectivity index (χ1v) is 7.34. The fraction of sp³-hybridized carbons (Fsp3) is 0.533. The quantitative estimate of drug-likeness (QED) is 0.387. The summed E-state index contributed by atoms with van der Waals surface area (Å²) in [4.78, 5) is 3.96. The average Bonchev–Trinajstić information content (AvgIpc) is 2.50. The number of hydrogen-bond donors (Lipinski definition) is 3. The smallest absolute Gasteiger partial charge is 0.416 e. The van der Waals surface area contributed by atoms with E-state index in [1.54, 1.807) is 0 Å². The van der Waals surface area contributed by atoms with Gasteiger partial charge in [-0.1, -0.05) is 13.3 Å². The minimum atomic E-state index is -4.38. The summed E-state index contributed by atoms with van der Waals surface area (Å²) in [6.45, 7) is 2.73. The molecule has 1 unspecified atom stereocenters. The molecule has 130 valence electrons. The Hall–Kier alpha value is -1.96. The van der Waals surface area contributed by atoms with Crippen molar-refractivity contribution >= 4 is 5.96 Å². The Morgan fingerprint density at radius 1 is 1.35 bits per heavy atom. The minimum absolute atomic E-state index is 0.0472. The molecule has 4 N–H and O–H groups in total. The summed E-state index contributed by atoms with van der Waals surface area (Å²) in [5.74, 6) is 0.488. The molecule has 0 saturated carbocycles. The predicted octanol–water partition coefficient (Wildman–Crippen LogP) is 2.15. The van der Waals surface area contributed by atoms with Gasteiger partial charge in [0.25, 0.3) is 0 Å². The van der Waals surface area contributed by atoms with E-state index in [0.29, 0.717) is 6.54 Å². The molecule has 0 bridgehead atoms. The lowest BCUT2D eigenvalue weighted by atomic mass is 10.2. The van der Waals surface area contributed by atoms with Crippen molar-refractivity contribution in [3.8, 4) is 5.75 Å². The summed E-state index contributed by atoms with van der Waals surface area (Å²) in [5, 5.41) is 12.6. The number of aliphatic hydroxyl groups excluding tert-OH is 1. The van der Waals surface area contributed by atoms with Gasteiger partial charge in [0, 0.05) is 6.54 Å². The van der Waals surface area contributed by atoms with E-state index >= 15 is 0 Å². The average molecular weight is 333 g/mol. The van der Waals surface area contributed by atoms with E-state index in [2.05, 4.69) is 17.2 Å². The molecular weight excluding hydrogens is 311 g/mol. The molecule has 23 heavy (non-hydrogen) atoms. The lowest BCUT2D eigenvalue weighted by molar-refractivity contribution is -0.137. The zero-order valence-electron chi connectivity index (χ0n) is 12.9. The summed E-state index contributed by atoms with van der Waals surface area (Å²) in [6, 6.07) is 4.27. The molecule has 8 heteroatoms. The van der Waals surface area contributed by atoms with Gasteiger partial charge in [-0.2, -0.15) is 13.2 Å². The molecule has 0 aliphatic carbocycles. The van der Waals surface area contributed by atoms with Crippen LogP contribution < -0.4 is 15.8 Å². The van der Waals surface area contributed by atoms with Gasteiger partial charge in [0.1, 0.15) is 18.5 Å². The van der Waals surface area contributed by atoms with Crippen molar-refractivity contribution in [3.05, 3.63) is 29.8 Å². The van der Waals surface area contributed by atoms with Crippen molar-refractivity contribution < 1.29 is 23.0 Å². The van der Waals surface area contributed by atoms with Crippen molar-refractivity contribution in [2.45, 2.75) is 32.0 Å². The van der Waals surface area contributed by atoms with Crippen LogP contribution in [0.2, 0.25) is 0 Å². The minimum Gasteiger partial charge on any atom is -0.491 e. The zero-order valence-corrected chi connectivity index (χ0v) is 12.9. The Morgan fingerprint density at radius 3 is 2.57 bits per heavy atom. The summed E-state index contributed by atoms with van der Waals surface area (Å²) in [7, 11) is 0. The Morgan fingerprint density at radius 2 is 2.00 bits per heavy atom. The second-order valence-corrected chi connectivity index (χ2v) is 4.99. The third-order valence-corrected chi connectivity index (χ3v) is 2.93. The second kappa shape index (κ2) is 9.24. The summed E-state index contributed by atoms with van der Waals surface area (Å²) in [6.07, 6.45) is -3.28. The maximum atomic E-state index is 12.4. The fourth-order valence-electron chi connectivity index (χ4n) is 1.64. The maximum Gasteiger partial charge on any atom is 0.416 e. The summed E-state index contributed by atoms with van der Waals surface area (Å²) in [5.41, 5.74) is 4.86. The van der Waals surface area contributed by atoms with E-state index in [1.165, 1.54) is 12.1 Å². The van der Waals surface area contributed by atoms with Crippen LogP contribution in [0.3, 0.4) is 0 Å². The number of aliphatic hydroxyl groups is 1. The van der Waals surface area contributed by atoms with Gasteiger partial charge < -0.3 is 20.9 Å². The predicted molar refractivity (Wildman–Crippen MR) is 82.3 cm³/mol. The lowest BCUT2D eigenvalue weighted by Crippen LogP contribution is -2.34. The Kier molecular flexibility index (Phi) is 7.67. The first-order valence-electron chi connectivity index (χ1n) is 7.34. The van der Waals surface area contributed by atoms with Crippen molar-refractivity contribution in [1.82, 2.24) is 5.32 Å². The number of unbranched alkanes of at least 4 members (excludes halogenated alkanes) is 1. The normalized spacial score (nSPS) is 13.7. The fourth-order valence-corrected chi connectivity index (χ4v) is 1.64. The molecule has 0 aromatic heterocycles. The molecule has 1 atom stereocenters. The molecular formula is C15H22F3N3O2. The third kappa shape index (κ3) is 7.73. The van der Waals surface area contributed by atoms with Gasteiger partial charge in [0.15, 0.2) is 5.96 Å². The molecule has 0 spiro atoms. The number of nitrogens with one attached hydrogen (secondary N) is 1. The zero-order chi connectivity index (χ0) is 17.3. The highest BCUT2D eigenvalue weighted by atomic mass is 19.4. The van der Waals surface area contributed by atoms with Crippen LogP contribution in [0.5, 0.6) is 5.75 Å². The van der Waals surface area contributed by atoms with Gasteiger partial charge in [0.2, 0.25) is 0 Å². The van der Waals surface area contributed by atoms with E-state index < -0.39 is 17.8 Å². The van der Waals surface area contributed by atoms with E-state index in [4.69, 9.17) is 10.5 Å². The Bertz CT molecular complexity index is 490. The maximum absolute atomic E-state index is 12.4. The number of nitrogens with two attached hydrogens (primary N) is 1. The second-order valence-electron chi connectivity index (χ2n) is 4.99. The van der Waals surface area contributed by atoms with E-state index in [0.717, 1.165) is 25.0 Å². The number of guanidine groups is 1. The lowest BCUT2D eigenvalue weighted by Gasteiger charge is -2.12. The number of halogens is 3. The first-order chi connectivity index (χ1) is 10.8. The SMILES string of the molecule is CCCCNC(N)=NCC(O)COc1ccc(C(F)(F)F)cc1. The van der Waals surface area contributed by atoms with Crippen LogP contribution in [-0.2, 0) is 6.18 Å².